The second-order valence-electron chi connectivity index (χ2n) is 3.98. The Morgan fingerprint density at radius 2 is 2.30 bits per heavy atom. The topological polar surface area (TPSA) is 37.3 Å². The minimum Gasteiger partial charge on any atom is -0.481 e. The van der Waals surface area contributed by atoms with Crippen LogP contribution in [-0.4, -0.2) is 11.1 Å². The third-order valence-corrected chi connectivity index (χ3v) is 5.30. The summed E-state index contributed by atoms with van der Waals surface area (Å²) in [6.45, 7) is 3.66. The van der Waals surface area contributed by atoms with Gasteiger partial charge < -0.3 is 5.11 Å². The molecule has 0 atom stereocenters. The van der Waals surface area contributed by atoms with Crippen LogP contribution >= 0.6 is 34.4 Å². The van der Waals surface area contributed by atoms with Crippen molar-refractivity contribution in [3.63, 3.8) is 0 Å². The van der Waals surface area contributed by atoms with Gasteiger partial charge in [0.25, 0.3) is 0 Å². The standard InChI is InChI=1S/C15H14O2S3/c1-2-18-9-7-12-11(5-6-15(16)17)10-14(20-12)13-4-3-8-19-13/h2-4,7-10H,1,5-6H2,(H,16,17)/b9-7+. The maximum absolute atomic E-state index is 10.7. The maximum Gasteiger partial charge on any atom is 0.303 e. The predicted molar refractivity (Wildman–Crippen MR) is 90.4 cm³/mol. The van der Waals surface area contributed by atoms with E-state index in [0.29, 0.717) is 6.42 Å². The minimum absolute atomic E-state index is 0.163. The molecular formula is C15H14O2S3. The van der Waals surface area contributed by atoms with Crippen LogP contribution in [0.1, 0.15) is 16.9 Å². The first-order valence-electron chi connectivity index (χ1n) is 6.02. The van der Waals surface area contributed by atoms with Gasteiger partial charge >= 0.3 is 5.97 Å². The fourth-order valence-electron chi connectivity index (χ4n) is 1.72. The number of thiophene rings is 2. The van der Waals surface area contributed by atoms with E-state index in [1.807, 2.05) is 17.6 Å². The molecule has 5 heteroatoms. The second kappa shape index (κ2) is 7.47. The fraction of sp³-hybridized carbons (Fsp3) is 0.133. The first-order valence-corrected chi connectivity index (χ1v) is 8.66. The summed E-state index contributed by atoms with van der Waals surface area (Å²) in [5.41, 5.74) is 1.10. The van der Waals surface area contributed by atoms with Crippen molar-refractivity contribution < 1.29 is 9.90 Å². The van der Waals surface area contributed by atoms with Gasteiger partial charge in [0.2, 0.25) is 0 Å². The molecule has 2 nitrogen and oxygen atoms in total. The summed E-state index contributed by atoms with van der Waals surface area (Å²) in [5, 5.41) is 14.6. The van der Waals surface area contributed by atoms with E-state index in [-0.39, 0.29) is 6.42 Å². The lowest BCUT2D eigenvalue weighted by molar-refractivity contribution is -0.136. The van der Waals surface area contributed by atoms with Crippen LogP contribution in [0.15, 0.2) is 41.0 Å². The van der Waals surface area contributed by atoms with Crippen LogP contribution in [0, 0.1) is 0 Å². The number of hydrogen-bond donors (Lipinski definition) is 1. The number of aryl methyl sites for hydroxylation is 1. The summed E-state index contributed by atoms with van der Waals surface area (Å²) in [7, 11) is 0. The third kappa shape index (κ3) is 4.10. The van der Waals surface area contributed by atoms with Crippen LogP contribution in [0.3, 0.4) is 0 Å². The number of thioether (sulfide) groups is 1. The minimum atomic E-state index is -0.760. The Labute approximate surface area is 130 Å². The van der Waals surface area contributed by atoms with Gasteiger partial charge in [0.05, 0.1) is 0 Å². The molecule has 20 heavy (non-hydrogen) atoms. The maximum atomic E-state index is 10.7. The highest BCUT2D eigenvalue weighted by atomic mass is 32.2. The number of carbonyl (C=O) groups is 1. The van der Waals surface area contributed by atoms with E-state index >= 15 is 0 Å². The van der Waals surface area contributed by atoms with Gasteiger partial charge in [-0.05, 0) is 46.4 Å². The molecule has 104 valence electrons. The lowest BCUT2D eigenvalue weighted by Gasteiger charge is -1.96. The van der Waals surface area contributed by atoms with Crippen molar-refractivity contribution in [1.29, 1.82) is 0 Å². The Morgan fingerprint density at radius 3 is 2.95 bits per heavy atom. The molecule has 2 rings (SSSR count). The van der Waals surface area contributed by atoms with E-state index < -0.39 is 5.97 Å². The largest absolute Gasteiger partial charge is 0.481 e. The molecule has 1 N–H and O–H groups in total. The quantitative estimate of drug-likeness (QED) is 0.747. The summed E-state index contributed by atoms with van der Waals surface area (Å²) in [4.78, 5) is 14.3. The highest BCUT2D eigenvalue weighted by molar-refractivity contribution is 8.05. The Balaban J connectivity index is 2.26. The van der Waals surface area contributed by atoms with Crippen LogP contribution in [0.25, 0.3) is 15.8 Å². The van der Waals surface area contributed by atoms with Gasteiger partial charge in [0, 0.05) is 21.1 Å². The number of carboxylic acid groups (broad SMARTS) is 1. The zero-order valence-electron chi connectivity index (χ0n) is 10.7. The molecule has 0 saturated heterocycles. The van der Waals surface area contributed by atoms with Gasteiger partial charge in [-0.25, -0.2) is 0 Å². The lowest BCUT2D eigenvalue weighted by atomic mass is 10.1. The molecule has 0 aliphatic carbocycles. The average Bonchev–Trinajstić information content (AvgIpc) is 3.05. The van der Waals surface area contributed by atoms with Crippen LogP contribution in [0.5, 0.6) is 0 Å². The molecule has 0 aliphatic heterocycles. The SMILES string of the molecule is C=CS/C=C/c1sc(-c2cccs2)cc1CCC(=O)O. The van der Waals surface area contributed by atoms with Gasteiger partial charge in [-0.15, -0.1) is 34.4 Å². The van der Waals surface area contributed by atoms with Crippen LogP contribution < -0.4 is 0 Å². The Morgan fingerprint density at radius 1 is 1.45 bits per heavy atom. The molecule has 0 bridgehead atoms. The van der Waals surface area contributed by atoms with Gasteiger partial charge in [0.1, 0.15) is 0 Å². The molecular weight excluding hydrogens is 308 g/mol. The first kappa shape index (κ1) is 15.1. The zero-order valence-corrected chi connectivity index (χ0v) is 13.2. The van der Waals surface area contributed by atoms with Crippen LogP contribution in [0.4, 0.5) is 0 Å². The Kier molecular flexibility index (Phi) is 5.64. The molecule has 2 aromatic heterocycles. The molecule has 2 aromatic rings. The van der Waals surface area contributed by atoms with Crippen molar-refractivity contribution in [2.45, 2.75) is 12.8 Å². The van der Waals surface area contributed by atoms with Crippen LogP contribution in [0.2, 0.25) is 0 Å². The van der Waals surface area contributed by atoms with Crippen molar-refractivity contribution in [3.05, 3.63) is 51.4 Å². The van der Waals surface area contributed by atoms with Crippen molar-refractivity contribution in [2.24, 2.45) is 0 Å². The van der Waals surface area contributed by atoms with Gasteiger partial charge in [-0.2, -0.15) is 0 Å². The molecule has 0 fully saturated rings. The summed E-state index contributed by atoms with van der Waals surface area (Å²) in [5.74, 6) is -0.760. The van der Waals surface area contributed by atoms with E-state index in [1.165, 1.54) is 21.5 Å². The molecule has 0 saturated carbocycles. The molecule has 2 heterocycles. The molecule has 0 aliphatic rings. The summed E-state index contributed by atoms with van der Waals surface area (Å²) < 4.78 is 0. The van der Waals surface area contributed by atoms with E-state index in [2.05, 4.69) is 24.1 Å². The highest BCUT2D eigenvalue weighted by Crippen LogP contribution is 2.35. The van der Waals surface area contributed by atoms with Gasteiger partial charge in [-0.3, -0.25) is 4.79 Å². The Bertz CT molecular complexity index is 609. The molecule has 0 aromatic carbocycles. The van der Waals surface area contributed by atoms with E-state index in [1.54, 1.807) is 28.1 Å². The molecule has 0 amide bonds. The third-order valence-electron chi connectivity index (χ3n) is 2.61. The number of carboxylic acids is 1. The summed E-state index contributed by atoms with van der Waals surface area (Å²) in [6, 6.07) is 6.22. The molecule has 0 unspecified atom stereocenters. The molecule has 0 spiro atoms. The number of rotatable bonds is 7. The van der Waals surface area contributed by atoms with Crippen molar-refractivity contribution in [3.8, 4) is 9.75 Å². The van der Waals surface area contributed by atoms with E-state index in [9.17, 15) is 4.79 Å². The number of aliphatic carboxylic acids is 1. The van der Waals surface area contributed by atoms with Gasteiger partial charge in [-0.1, -0.05) is 12.6 Å². The predicted octanol–water partition coefficient (Wildman–Crippen LogP) is 5.34. The lowest BCUT2D eigenvalue weighted by Crippen LogP contribution is -1.97. The number of hydrogen-bond acceptors (Lipinski definition) is 4. The van der Waals surface area contributed by atoms with Crippen molar-refractivity contribution in [1.82, 2.24) is 0 Å². The smallest absolute Gasteiger partial charge is 0.303 e. The van der Waals surface area contributed by atoms with Crippen LogP contribution in [-0.2, 0) is 11.2 Å². The second-order valence-corrected chi connectivity index (χ2v) is 6.89. The normalized spacial score (nSPS) is 11.0. The van der Waals surface area contributed by atoms with Crippen molar-refractivity contribution >= 4 is 46.5 Å². The highest BCUT2D eigenvalue weighted by Gasteiger charge is 2.10. The zero-order chi connectivity index (χ0) is 14.4. The fourth-order valence-corrected chi connectivity index (χ4v) is 4.07. The van der Waals surface area contributed by atoms with Crippen molar-refractivity contribution in [2.75, 3.05) is 0 Å². The first-order chi connectivity index (χ1) is 9.70. The van der Waals surface area contributed by atoms with Gasteiger partial charge in [0.15, 0.2) is 0 Å². The van der Waals surface area contributed by atoms with E-state index in [4.69, 9.17) is 5.11 Å². The summed E-state index contributed by atoms with van der Waals surface area (Å²) >= 11 is 4.92. The monoisotopic (exact) mass is 322 g/mol. The molecule has 0 radical (unpaired) electrons. The van der Waals surface area contributed by atoms with E-state index in [0.717, 1.165) is 10.4 Å². The Hall–Kier alpha value is -1.30. The summed E-state index contributed by atoms with van der Waals surface area (Å²) in [6.07, 6.45) is 2.76. The average molecular weight is 322 g/mol.